The molecule has 0 amide bonds. The van der Waals surface area contributed by atoms with Crippen molar-refractivity contribution in [3.8, 4) is 0 Å². The van der Waals surface area contributed by atoms with Crippen molar-refractivity contribution in [3.05, 3.63) is 24.5 Å². The van der Waals surface area contributed by atoms with Crippen LogP contribution in [0.15, 0.2) is 24.5 Å². The molecule has 0 atom stereocenters. The summed E-state index contributed by atoms with van der Waals surface area (Å²) in [6.07, 6.45) is 3.57. The first kappa shape index (κ1) is 15.5. The Bertz CT molecular complexity index is 199. The maximum atomic E-state index is 4.26. The van der Waals surface area contributed by atoms with Crippen LogP contribution in [0.3, 0.4) is 0 Å². The first-order valence-electron chi connectivity index (χ1n) is 3.19. The van der Waals surface area contributed by atoms with Crippen molar-refractivity contribution in [2.75, 3.05) is 19.0 Å². The molecule has 3 nitrogen and oxygen atoms in total. The summed E-state index contributed by atoms with van der Waals surface area (Å²) in [6.45, 7) is 0. The van der Waals surface area contributed by atoms with Gasteiger partial charge in [-0.05, 0) is 12.1 Å². The molecule has 0 spiro atoms. The van der Waals surface area contributed by atoms with Crippen LogP contribution in [0.25, 0.3) is 0 Å². The van der Waals surface area contributed by atoms with Gasteiger partial charge in [-0.15, -0.1) is 0 Å². The molecule has 1 heterocycles. The van der Waals surface area contributed by atoms with E-state index in [-0.39, 0.29) is 17.1 Å². The monoisotopic (exact) mass is 290 g/mol. The fourth-order valence-electron chi connectivity index (χ4n) is 0.642. The van der Waals surface area contributed by atoms with Crippen molar-refractivity contribution < 1.29 is 3.84 Å². The van der Waals surface area contributed by atoms with Crippen LogP contribution >= 0.6 is 23.7 Å². The van der Waals surface area contributed by atoms with Crippen LogP contribution < -0.4 is 4.90 Å². The molecule has 0 fully saturated rings. The molecule has 0 bridgehead atoms. The van der Waals surface area contributed by atoms with E-state index in [4.69, 9.17) is 0 Å². The molecule has 0 aliphatic heterocycles. The van der Waals surface area contributed by atoms with Gasteiger partial charge in [0.1, 0.15) is 0 Å². The van der Waals surface area contributed by atoms with Crippen LogP contribution in [0.5, 0.6) is 0 Å². The van der Waals surface area contributed by atoms with Gasteiger partial charge >= 0.3 is 17.1 Å². The van der Waals surface area contributed by atoms with Gasteiger partial charge in [-0.2, -0.15) is 3.84 Å². The number of hydrogen-bond acceptors (Lipinski definition) is 3. The summed E-state index contributed by atoms with van der Waals surface area (Å²) in [5.74, 6) is 0. The van der Waals surface area contributed by atoms with Gasteiger partial charge in [0.25, 0.3) is 0 Å². The van der Waals surface area contributed by atoms with E-state index in [0.717, 1.165) is 0 Å². The molecule has 1 rings (SSSR count). The van der Waals surface area contributed by atoms with Crippen LogP contribution in [-0.2, 0) is 3.84 Å². The van der Waals surface area contributed by atoms with Crippen molar-refractivity contribution in [3.63, 3.8) is 0 Å². The number of hydrogen-bond donors (Lipinski definition) is 0. The molecule has 0 saturated carbocycles. The fourth-order valence-corrected chi connectivity index (χ4v) is 0.642. The molecule has 0 unspecified atom stereocenters. The van der Waals surface area contributed by atoms with Gasteiger partial charge in [-0.3, -0.25) is 4.98 Å². The second-order valence-electron chi connectivity index (χ2n) is 2.16. The molecular weight excluding hydrogens is 278 g/mol. The van der Waals surface area contributed by atoms with Gasteiger partial charge < -0.3 is 4.90 Å². The van der Waals surface area contributed by atoms with Crippen molar-refractivity contribution in [2.24, 2.45) is 0 Å². The van der Waals surface area contributed by atoms with Crippen LogP contribution in [0, 0.1) is 0 Å². The molecule has 0 aliphatic carbocycles. The molecule has 0 N–H and O–H groups in total. The number of rotatable bonds is 1. The van der Waals surface area contributed by atoms with E-state index in [1.807, 2.05) is 31.1 Å². The van der Waals surface area contributed by atoms with E-state index in [0.29, 0.717) is 0 Å². The number of aromatic nitrogens is 1. The molecule has 1 aromatic heterocycles. The molecule has 0 aliphatic rings. The fraction of sp³-hybridized carbons (Fsp3) is 0.286. The predicted octanol–water partition coefficient (Wildman–Crippen LogP) is 1.54. The Morgan fingerprint density at radius 2 is 1.62 bits per heavy atom. The Labute approximate surface area is 98.8 Å². The van der Waals surface area contributed by atoms with E-state index in [2.05, 4.69) is 32.6 Å². The number of anilines is 1. The number of halogens is 2. The molecule has 76 valence electrons. The van der Waals surface area contributed by atoms with Gasteiger partial charge in [0, 0.05) is 32.2 Å². The van der Waals surface area contributed by atoms with Gasteiger partial charge in [-0.25, -0.2) is 0 Å². The summed E-state index contributed by atoms with van der Waals surface area (Å²) in [5, 5.41) is 0. The van der Waals surface area contributed by atoms with Crippen LogP contribution in [-0.4, -0.2) is 36.1 Å². The summed E-state index contributed by atoms with van der Waals surface area (Å²) in [7, 11) is 4.02. The third-order valence-corrected chi connectivity index (χ3v) is 1.18. The van der Waals surface area contributed by atoms with Crippen molar-refractivity contribution >= 4 is 46.5 Å². The summed E-state index contributed by atoms with van der Waals surface area (Å²) in [4.78, 5) is 5.94. The Kier molecular flexibility index (Phi) is 12.0. The molecule has 6 heteroatoms. The minimum absolute atomic E-state index is 0. The normalized spacial score (nSPS) is 7.69. The average molecular weight is 290 g/mol. The summed E-state index contributed by atoms with van der Waals surface area (Å²) >= 11 is 8.53. The van der Waals surface area contributed by atoms with Gasteiger partial charge in [0.05, 0.1) is 23.7 Å². The van der Waals surface area contributed by atoms with Gasteiger partial charge in [0.2, 0.25) is 0 Å². The van der Waals surface area contributed by atoms with E-state index >= 15 is 0 Å². The SMILES string of the molecule is CN(C)c1ccncc1.ClOCl.[SeH2]. The Morgan fingerprint density at radius 1 is 1.23 bits per heavy atom. The van der Waals surface area contributed by atoms with E-state index in [1.165, 1.54) is 5.69 Å². The maximum absolute atomic E-state index is 4.26. The Morgan fingerprint density at radius 3 is 1.85 bits per heavy atom. The summed E-state index contributed by atoms with van der Waals surface area (Å²) in [6, 6.07) is 3.94. The molecule has 13 heavy (non-hydrogen) atoms. The number of nitrogens with zero attached hydrogens (tertiary/aromatic N) is 2. The Balaban J connectivity index is 0. The molecule has 1 aromatic rings. The Hall–Kier alpha value is 0.00948. The van der Waals surface area contributed by atoms with Gasteiger partial charge in [0.15, 0.2) is 0 Å². The number of pyridine rings is 1. The second-order valence-corrected chi connectivity index (χ2v) is 2.62. The zero-order valence-corrected chi connectivity index (χ0v) is 11.0. The van der Waals surface area contributed by atoms with Crippen LogP contribution in [0.2, 0.25) is 0 Å². The van der Waals surface area contributed by atoms with Crippen LogP contribution in [0.1, 0.15) is 0 Å². The van der Waals surface area contributed by atoms with E-state index < -0.39 is 0 Å². The molecule has 0 radical (unpaired) electrons. The summed E-state index contributed by atoms with van der Waals surface area (Å²) in [5.41, 5.74) is 1.19. The molecule has 0 saturated heterocycles. The van der Waals surface area contributed by atoms with Crippen molar-refractivity contribution in [1.82, 2.24) is 4.98 Å². The zero-order valence-electron chi connectivity index (χ0n) is 7.37. The topological polar surface area (TPSA) is 25.4 Å². The van der Waals surface area contributed by atoms with E-state index in [1.54, 1.807) is 12.4 Å². The first-order chi connectivity index (χ1) is 5.72. The average Bonchev–Trinajstić information content (AvgIpc) is 2.07. The van der Waals surface area contributed by atoms with Crippen LogP contribution in [0.4, 0.5) is 5.69 Å². The van der Waals surface area contributed by atoms with Gasteiger partial charge in [-0.1, -0.05) is 0 Å². The quantitative estimate of drug-likeness (QED) is 0.734. The first-order valence-corrected chi connectivity index (χ1v) is 3.80. The third kappa shape index (κ3) is 8.34. The van der Waals surface area contributed by atoms with Crippen molar-refractivity contribution in [1.29, 1.82) is 0 Å². The molecular formula is C7H12Cl2N2OSe. The third-order valence-electron chi connectivity index (χ3n) is 1.18. The summed E-state index contributed by atoms with van der Waals surface area (Å²) < 4.78 is 3.19. The van der Waals surface area contributed by atoms with E-state index in [9.17, 15) is 0 Å². The predicted molar refractivity (Wildman–Crippen MR) is 59.9 cm³/mol. The second kappa shape index (κ2) is 10.1. The molecule has 0 aromatic carbocycles. The minimum atomic E-state index is 0. The standard InChI is InChI=1S/C7H10N2.Cl2O.H2Se/c1-9(2)7-3-5-8-6-4-7;1-3-2;/h3-6H,1-2H3;;1H2. The zero-order chi connectivity index (χ0) is 9.40. The van der Waals surface area contributed by atoms with Crippen molar-refractivity contribution in [2.45, 2.75) is 0 Å².